The Kier molecular flexibility index (Phi) is 16.9. The maximum atomic E-state index is 13.9. The maximum absolute atomic E-state index is 13.9. The molecule has 0 saturated heterocycles. The van der Waals surface area contributed by atoms with E-state index in [0.717, 1.165) is 12.3 Å². The van der Waals surface area contributed by atoms with Gasteiger partial charge in [-0.3, -0.25) is 9.13 Å². The van der Waals surface area contributed by atoms with Crippen LogP contribution < -0.4 is 0 Å². The lowest BCUT2D eigenvalue weighted by atomic mass is 9.85. The predicted octanol–water partition coefficient (Wildman–Crippen LogP) is 7.55. The van der Waals surface area contributed by atoms with Crippen LogP contribution >= 0.6 is 15.2 Å². The first kappa shape index (κ1) is 34.2. The Morgan fingerprint density at radius 2 is 1.36 bits per heavy atom. The van der Waals surface area contributed by atoms with Crippen LogP contribution in [0.1, 0.15) is 87.0 Å². The minimum atomic E-state index is -3.43. The molecule has 216 valence electrons. The first-order valence-corrected chi connectivity index (χ1v) is 17.3. The summed E-state index contributed by atoms with van der Waals surface area (Å²) >= 11 is 0. The fourth-order valence-electron chi connectivity index (χ4n) is 5.03. The first-order valence-electron chi connectivity index (χ1n) is 14.0. The van der Waals surface area contributed by atoms with E-state index < -0.39 is 20.9 Å². The van der Waals surface area contributed by atoms with E-state index in [1.165, 1.54) is 19.3 Å². The van der Waals surface area contributed by atoms with Crippen LogP contribution in [0.25, 0.3) is 0 Å². The van der Waals surface area contributed by atoms with Crippen LogP contribution in [0.2, 0.25) is 0 Å². The Labute approximate surface area is 220 Å². The highest BCUT2D eigenvalue weighted by molar-refractivity contribution is 7.54. The van der Waals surface area contributed by atoms with E-state index >= 15 is 0 Å². The lowest BCUT2D eigenvalue weighted by Crippen LogP contribution is -2.46. The Bertz CT molecular complexity index is 654. The van der Waals surface area contributed by atoms with Crippen LogP contribution in [0, 0.1) is 17.8 Å². The van der Waals surface area contributed by atoms with Gasteiger partial charge in [0.15, 0.2) is 0 Å². The van der Waals surface area contributed by atoms with Crippen molar-refractivity contribution in [1.82, 2.24) is 0 Å². The molecule has 8 nitrogen and oxygen atoms in total. The second-order valence-corrected chi connectivity index (χ2v) is 14.6. The van der Waals surface area contributed by atoms with Gasteiger partial charge in [0.2, 0.25) is 0 Å². The van der Waals surface area contributed by atoms with Crippen LogP contribution in [-0.4, -0.2) is 64.2 Å². The summed E-state index contributed by atoms with van der Waals surface area (Å²) in [6.45, 7) is 15.8. The van der Waals surface area contributed by atoms with Gasteiger partial charge in [-0.05, 0) is 64.7 Å². The molecule has 36 heavy (non-hydrogen) atoms. The van der Waals surface area contributed by atoms with Crippen LogP contribution in [0.3, 0.4) is 0 Å². The molecular weight excluding hydrogens is 502 g/mol. The van der Waals surface area contributed by atoms with Crippen molar-refractivity contribution in [2.75, 3.05) is 46.3 Å². The SMILES string of the molecule is CCOP(=O)(CC1CC(OCCC(C)CCCC(C)C)C(P(=O)(OCC)OCC)CC1OC)OCC. The lowest BCUT2D eigenvalue weighted by Gasteiger charge is -2.43. The normalized spacial score (nSPS) is 24.4. The third-order valence-electron chi connectivity index (χ3n) is 6.82. The number of hydrogen-bond donors (Lipinski definition) is 0. The summed E-state index contributed by atoms with van der Waals surface area (Å²) in [5.41, 5.74) is -0.451. The van der Waals surface area contributed by atoms with Gasteiger partial charge in [-0.15, -0.1) is 0 Å². The van der Waals surface area contributed by atoms with Gasteiger partial charge < -0.3 is 27.6 Å². The van der Waals surface area contributed by atoms with E-state index in [1.54, 1.807) is 7.11 Å². The zero-order valence-corrected chi connectivity index (χ0v) is 25.9. The van der Waals surface area contributed by atoms with Crippen LogP contribution in [-0.2, 0) is 36.7 Å². The van der Waals surface area contributed by atoms with Gasteiger partial charge >= 0.3 is 15.2 Å². The van der Waals surface area contributed by atoms with Gasteiger partial charge in [0.1, 0.15) is 0 Å². The molecule has 0 aliphatic heterocycles. The van der Waals surface area contributed by atoms with Gasteiger partial charge in [-0.2, -0.15) is 0 Å². The molecule has 1 rings (SSSR count). The van der Waals surface area contributed by atoms with Gasteiger partial charge in [0, 0.05) is 13.7 Å². The molecule has 1 saturated carbocycles. The van der Waals surface area contributed by atoms with Gasteiger partial charge in [0.25, 0.3) is 0 Å². The van der Waals surface area contributed by atoms with E-state index in [9.17, 15) is 9.13 Å². The second-order valence-electron chi connectivity index (χ2n) is 10.2. The topological polar surface area (TPSA) is 89.5 Å². The van der Waals surface area contributed by atoms with Crippen LogP contribution in [0.15, 0.2) is 0 Å². The Hall–Kier alpha value is 0.220. The fourth-order valence-corrected chi connectivity index (χ4v) is 9.32. The molecule has 0 N–H and O–H groups in total. The van der Waals surface area contributed by atoms with Crippen molar-refractivity contribution in [1.29, 1.82) is 0 Å². The van der Waals surface area contributed by atoms with E-state index in [1.807, 2.05) is 27.7 Å². The van der Waals surface area contributed by atoms with Crippen LogP contribution in [0.5, 0.6) is 0 Å². The summed E-state index contributed by atoms with van der Waals surface area (Å²) in [6.07, 6.45) is 5.12. The second kappa shape index (κ2) is 17.7. The highest BCUT2D eigenvalue weighted by Crippen LogP contribution is 2.60. The quantitative estimate of drug-likeness (QED) is 0.142. The summed E-state index contributed by atoms with van der Waals surface area (Å²) in [6, 6.07) is 0. The molecule has 5 atom stereocenters. The Morgan fingerprint density at radius 3 is 1.86 bits per heavy atom. The highest BCUT2D eigenvalue weighted by atomic mass is 31.2. The monoisotopic (exact) mass is 556 g/mol. The summed E-state index contributed by atoms with van der Waals surface area (Å²) in [4.78, 5) is 0. The largest absolute Gasteiger partial charge is 0.381 e. The van der Waals surface area contributed by atoms with E-state index in [2.05, 4.69) is 20.8 Å². The minimum Gasteiger partial charge on any atom is -0.381 e. The van der Waals surface area contributed by atoms with E-state index in [0.29, 0.717) is 51.8 Å². The molecule has 0 radical (unpaired) electrons. The summed E-state index contributed by atoms with van der Waals surface area (Å²) in [5.74, 6) is 1.15. The molecule has 0 amide bonds. The number of methoxy groups -OCH3 is 1. The molecule has 0 aromatic rings. The van der Waals surface area contributed by atoms with Crippen molar-refractivity contribution in [3.8, 4) is 0 Å². The molecule has 1 aliphatic carbocycles. The molecule has 0 aromatic heterocycles. The molecule has 0 aromatic carbocycles. The van der Waals surface area contributed by atoms with Gasteiger partial charge in [-0.1, -0.05) is 40.0 Å². The first-order chi connectivity index (χ1) is 17.1. The fraction of sp³-hybridized carbons (Fsp3) is 1.00. The molecule has 10 heteroatoms. The number of rotatable bonds is 20. The average Bonchev–Trinajstić information content (AvgIpc) is 2.79. The Balaban J connectivity index is 3.05. The summed E-state index contributed by atoms with van der Waals surface area (Å²) < 4.78 is 62.1. The van der Waals surface area contributed by atoms with Crippen molar-refractivity contribution in [3.63, 3.8) is 0 Å². The molecule has 0 heterocycles. The van der Waals surface area contributed by atoms with Gasteiger partial charge in [-0.25, -0.2) is 0 Å². The molecule has 0 bridgehead atoms. The maximum Gasteiger partial charge on any atom is 0.336 e. The van der Waals surface area contributed by atoms with Crippen molar-refractivity contribution >= 4 is 15.2 Å². The highest BCUT2D eigenvalue weighted by Gasteiger charge is 2.50. The number of hydrogen-bond acceptors (Lipinski definition) is 8. The van der Waals surface area contributed by atoms with Crippen molar-refractivity contribution in [2.24, 2.45) is 17.8 Å². The smallest absolute Gasteiger partial charge is 0.336 e. The van der Waals surface area contributed by atoms with Crippen molar-refractivity contribution in [3.05, 3.63) is 0 Å². The molecular formula is C26H54O8P2. The standard InChI is InChI=1S/C26H54O8P2/c1-9-31-35(27,32-10-2)20-23-18-25(30-17-16-22(7)15-13-14-21(5)6)26(19-24(23)29-8)36(28,33-11-3)34-12-4/h21-26H,9-20H2,1-8H3. The van der Waals surface area contributed by atoms with E-state index in [4.69, 9.17) is 27.6 Å². The third kappa shape index (κ3) is 11.5. The third-order valence-corrected chi connectivity index (χ3v) is 11.6. The van der Waals surface area contributed by atoms with Gasteiger partial charge in [0.05, 0.1) is 50.5 Å². The molecule has 5 unspecified atom stereocenters. The van der Waals surface area contributed by atoms with Crippen molar-refractivity contribution < 1.29 is 36.7 Å². The summed E-state index contributed by atoms with van der Waals surface area (Å²) in [5, 5.41) is 0. The van der Waals surface area contributed by atoms with E-state index in [-0.39, 0.29) is 24.3 Å². The van der Waals surface area contributed by atoms with Crippen molar-refractivity contribution in [2.45, 2.75) is 105 Å². The summed E-state index contributed by atoms with van der Waals surface area (Å²) in [7, 11) is -5.08. The van der Waals surface area contributed by atoms with Crippen LogP contribution in [0.4, 0.5) is 0 Å². The number of ether oxygens (including phenoxy) is 2. The minimum absolute atomic E-state index is 0.125. The zero-order chi connectivity index (χ0) is 27.2. The molecule has 1 fully saturated rings. The average molecular weight is 557 g/mol. The lowest BCUT2D eigenvalue weighted by molar-refractivity contribution is -0.0494. The predicted molar refractivity (Wildman–Crippen MR) is 146 cm³/mol. The molecule has 1 aliphatic rings. The zero-order valence-electron chi connectivity index (χ0n) is 24.1. The molecule has 0 spiro atoms. The Morgan fingerprint density at radius 1 is 0.778 bits per heavy atom.